The molecule has 92 valence electrons. The number of aliphatic hydroxyl groups excluding tert-OH is 1. The van der Waals surface area contributed by atoms with Crippen molar-refractivity contribution in [1.82, 2.24) is 4.31 Å². The number of halogens is 1. The average Bonchev–Trinajstić information content (AvgIpc) is 2.66. The van der Waals surface area contributed by atoms with Crippen LogP contribution in [0.25, 0.3) is 0 Å². The highest BCUT2D eigenvalue weighted by Crippen LogP contribution is 2.28. The van der Waals surface area contributed by atoms with Crippen molar-refractivity contribution in [2.75, 3.05) is 19.7 Å². The van der Waals surface area contributed by atoms with Gasteiger partial charge in [-0.05, 0) is 34.5 Å². The van der Waals surface area contributed by atoms with E-state index in [9.17, 15) is 8.42 Å². The number of thiophene rings is 1. The topological polar surface area (TPSA) is 57.6 Å². The Morgan fingerprint density at radius 3 is 2.62 bits per heavy atom. The first kappa shape index (κ1) is 14.1. The summed E-state index contributed by atoms with van der Waals surface area (Å²) in [5, 5.41) is 8.72. The summed E-state index contributed by atoms with van der Waals surface area (Å²) >= 11 is 4.44. The van der Waals surface area contributed by atoms with Crippen molar-refractivity contribution in [1.29, 1.82) is 0 Å². The molecule has 0 aliphatic rings. The van der Waals surface area contributed by atoms with Gasteiger partial charge >= 0.3 is 0 Å². The van der Waals surface area contributed by atoms with Gasteiger partial charge in [-0.1, -0.05) is 6.92 Å². The summed E-state index contributed by atoms with van der Waals surface area (Å²) in [7, 11) is -3.39. The molecule has 0 spiro atoms. The quantitative estimate of drug-likeness (QED) is 0.868. The molecule has 7 heteroatoms. The zero-order valence-electron chi connectivity index (χ0n) is 8.89. The van der Waals surface area contributed by atoms with Crippen LogP contribution in [0, 0.1) is 0 Å². The lowest BCUT2D eigenvalue weighted by Crippen LogP contribution is -2.31. The summed E-state index contributed by atoms with van der Waals surface area (Å²) in [6.45, 7) is 2.56. The minimum absolute atomic E-state index is 0.000154. The summed E-state index contributed by atoms with van der Waals surface area (Å²) < 4.78 is 26.7. The fourth-order valence-electron chi connectivity index (χ4n) is 1.26. The van der Waals surface area contributed by atoms with Crippen LogP contribution in [0.15, 0.2) is 20.1 Å². The Balaban J connectivity index is 2.90. The standard InChI is InChI=1S/C9H14BrNO3S2/c1-2-11(6-3-7-12)16(13,14)9-5-4-8(10)15-9/h4-5,12H,2-3,6-7H2,1H3. The van der Waals surface area contributed by atoms with Crippen LogP contribution in [0.3, 0.4) is 0 Å². The smallest absolute Gasteiger partial charge is 0.252 e. The predicted molar refractivity (Wildman–Crippen MR) is 68.2 cm³/mol. The van der Waals surface area contributed by atoms with Crippen LogP contribution in [0.5, 0.6) is 0 Å². The first-order valence-corrected chi connectivity index (χ1v) is 7.93. The number of hydrogen-bond acceptors (Lipinski definition) is 4. The van der Waals surface area contributed by atoms with Crippen molar-refractivity contribution in [2.24, 2.45) is 0 Å². The van der Waals surface area contributed by atoms with Crippen LogP contribution in [0.2, 0.25) is 0 Å². The minimum atomic E-state index is -3.39. The summed E-state index contributed by atoms with van der Waals surface area (Å²) in [6, 6.07) is 3.31. The molecule has 0 unspecified atom stereocenters. The second-order valence-electron chi connectivity index (χ2n) is 3.13. The van der Waals surface area contributed by atoms with E-state index in [0.717, 1.165) is 3.79 Å². The second-order valence-corrected chi connectivity index (χ2v) is 7.76. The molecule has 1 N–H and O–H groups in total. The van der Waals surface area contributed by atoms with Crippen molar-refractivity contribution in [3.05, 3.63) is 15.9 Å². The maximum absolute atomic E-state index is 12.1. The number of rotatable bonds is 6. The summed E-state index contributed by atoms with van der Waals surface area (Å²) in [5.74, 6) is 0. The minimum Gasteiger partial charge on any atom is -0.396 e. The van der Waals surface area contributed by atoms with Gasteiger partial charge < -0.3 is 5.11 Å². The third-order valence-electron chi connectivity index (χ3n) is 2.06. The van der Waals surface area contributed by atoms with Gasteiger partial charge in [0.05, 0.1) is 3.79 Å². The molecule has 1 aromatic rings. The van der Waals surface area contributed by atoms with Gasteiger partial charge in [-0.25, -0.2) is 8.42 Å². The molecule has 0 atom stereocenters. The SMILES string of the molecule is CCN(CCCO)S(=O)(=O)c1ccc(Br)s1. The first-order valence-electron chi connectivity index (χ1n) is 4.88. The lowest BCUT2D eigenvalue weighted by molar-refractivity contribution is 0.271. The van der Waals surface area contributed by atoms with Crippen LogP contribution in [-0.2, 0) is 10.0 Å². The fourth-order valence-corrected chi connectivity index (χ4v) is 4.91. The molecular weight excluding hydrogens is 314 g/mol. The van der Waals surface area contributed by atoms with Crippen molar-refractivity contribution in [3.63, 3.8) is 0 Å². The molecule has 0 aromatic carbocycles. The Morgan fingerprint density at radius 1 is 1.50 bits per heavy atom. The molecule has 0 amide bonds. The van der Waals surface area contributed by atoms with Gasteiger partial charge in [-0.15, -0.1) is 11.3 Å². The third-order valence-corrected chi connectivity index (χ3v) is 6.13. The van der Waals surface area contributed by atoms with Crippen molar-refractivity contribution in [3.8, 4) is 0 Å². The largest absolute Gasteiger partial charge is 0.396 e. The molecule has 0 aliphatic carbocycles. The van der Waals surface area contributed by atoms with Crippen LogP contribution < -0.4 is 0 Å². The third kappa shape index (κ3) is 3.27. The zero-order valence-corrected chi connectivity index (χ0v) is 12.1. The maximum Gasteiger partial charge on any atom is 0.252 e. The van der Waals surface area contributed by atoms with E-state index in [1.54, 1.807) is 19.1 Å². The first-order chi connectivity index (χ1) is 7.52. The van der Waals surface area contributed by atoms with Crippen LogP contribution in [0.1, 0.15) is 13.3 Å². The zero-order chi connectivity index (χ0) is 12.2. The number of nitrogens with zero attached hydrogens (tertiary/aromatic N) is 1. The van der Waals surface area contributed by atoms with Gasteiger partial charge in [0, 0.05) is 19.7 Å². The molecule has 0 saturated carbocycles. The highest BCUT2D eigenvalue weighted by molar-refractivity contribution is 9.11. The van der Waals surface area contributed by atoms with Gasteiger partial charge in [-0.2, -0.15) is 4.31 Å². The highest BCUT2D eigenvalue weighted by Gasteiger charge is 2.24. The lowest BCUT2D eigenvalue weighted by atomic mass is 10.4. The van der Waals surface area contributed by atoms with E-state index in [2.05, 4.69) is 15.9 Å². The number of sulfonamides is 1. The summed E-state index contributed by atoms with van der Waals surface area (Å²) in [6.07, 6.45) is 0.458. The molecule has 0 fully saturated rings. The summed E-state index contributed by atoms with van der Waals surface area (Å²) in [4.78, 5) is 0. The fraction of sp³-hybridized carbons (Fsp3) is 0.556. The molecule has 0 bridgehead atoms. The van der Waals surface area contributed by atoms with Gasteiger partial charge in [0.15, 0.2) is 0 Å². The van der Waals surface area contributed by atoms with Gasteiger partial charge in [0.25, 0.3) is 10.0 Å². The van der Waals surface area contributed by atoms with E-state index in [1.807, 2.05) is 0 Å². The Labute approximate surface area is 108 Å². The van der Waals surface area contributed by atoms with Crippen LogP contribution >= 0.6 is 27.3 Å². The molecule has 1 heterocycles. The van der Waals surface area contributed by atoms with Gasteiger partial charge in [0.1, 0.15) is 4.21 Å². The van der Waals surface area contributed by atoms with E-state index >= 15 is 0 Å². The summed E-state index contributed by atoms with van der Waals surface area (Å²) in [5.41, 5.74) is 0. The number of hydrogen-bond donors (Lipinski definition) is 1. The van der Waals surface area contributed by atoms with E-state index in [-0.39, 0.29) is 6.61 Å². The average molecular weight is 328 g/mol. The Hall–Kier alpha value is 0.0500. The molecule has 1 aromatic heterocycles. The van der Waals surface area contributed by atoms with Crippen LogP contribution in [-0.4, -0.2) is 37.5 Å². The van der Waals surface area contributed by atoms with E-state index < -0.39 is 10.0 Å². The van der Waals surface area contributed by atoms with Crippen LogP contribution in [0.4, 0.5) is 0 Å². The number of aliphatic hydroxyl groups is 1. The van der Waals surface area contributed by atoms with E-state index in [0.29, 0.717) is 23.7 Å². The Kier molecular flexibility index (Phi) is 5.39. The normalized spacial score (nSPS) is 12.2. The van der Waals surface area contributed by atoms with Crippen molar-refractivity contribution in [2.45, 2.75) is 17.6 Å². The Bertz CT molecular complexity index is 430. The van der Waals surface area contributed by atoms with Gasteiger partial charge in [-0.3, -0.25) is 0 Å². The maximum atomic E-state index is 12.1. The molecule has 16 heavy (non-hydrogen) atoms. The van der Waals surface area contributed by atoms with E-state index in [4.69, 9.17) is 5.11 Å². The monoisotopic (exact) mass is 327 g/mol. The lowest BCUT2D eigenvalue weighted by Gasteiger charge is -2.18. The molecule has 0 aliphatic heterocycles. The molecule has 4 nitrogen and oxygen atoms in total. The highest BCUT2D eigenvalue weighted by atomic mass is 79.9. The van der Waals surface area contributed by atoms with Crippen molar-refractivity contribution < 1.29 is 13.5 Å². The molecule has 1 rings (SSSR count). The molecular formula is C9H14BrNO3S2. The van der Waals surface area contributed by atoms with Crippen molar-refractivity contribution >= 4 is 37.3 Å². The van der Waals surface area contributed by atoms with E-state index in [1.165, 1.54) is 15.6 Å². The molecule has 0 radical (unpaired) electrons. The van der Waals surface area contributed by atoms with Gasteiger partial charge in [0.2, 0.25) is 0 Å². The molecule has 0 saturated heterocycles. The predicted octanol–water partition coefficient (Wildman–Crippen LogP) is 1.90. The second kappa shape index (κ2) is 6.11. The Morgan fingerprint density at radius 2 is 2.19 bits per heavy atom.